The molecule has 0 saturated carbocycles. The van der Waals surface area contributed by atoms with Crippen LogP contribution in [0.25, 0.3) is 5.69 Å². The molecular formula is C16H15CrN5NaO10S. The van der Waals surface area contributed by atoms with Gasteiger partial charge in [-0.3, -0.25) is 10.1 Å². The Kier molecular flexibility index (Phi) is 15.0. The number of aromatic nitrogens is 2. The van der Waals surface area contributed by atoms with Gasteiger partial charge in [0, 0.05) is 18.0 Å². The molecule has 0 unspecified atom stereocenters. The summed E-state index contributed by atoms with van der Waals surface area (Å²) in [4.78, 5) is 9.64. The number of hydrogen-bond acceptors (Lipinski definition) is 11. The number of benzene rings is 2. The standard InChI is InChI=1S/C16H13N5O7S.Cr.Na.3H2O/c1-9-15(18-17-13-8-11(21(24)25)4-7-14(13)22)16(23)20(19-9)10-2-5-12(6-3-10)29(26,27)28;;;;;/h2-8,22-23H,1H3,(H,26,27,28);;;3*1H2/q;+3;+1;;;/p-4. The summed E-state index contributed by atoms with van der Waals surface area (Å²) in [5, 5.41) is 46.4. The summed E-state index contributed by atoms with van der Waals surface area (Å²) in [5.74, 6) is -1.34. The second kappa shape index (κ2) is 14.1. The first kappa shape index (κ1) is 36.1. The van der Waals surface area contributed by atoms with E-state index in [2.05, 4.69) is 15.3 Å². The third-order valence-electron chi connectivity index (χ3n) is 3.77. The molecule has 1 heterocycles. The molecule has 0 aliphatic heterocycles. The number of nitro benzene ring substituents is 1. The number of nitrogens with zero attached hydrogens (tertiary/aromatic N) is 5. The molecule has 1 radical (unpaired) electrons. The molecule has 0 aliphatic rings. The molecule has 34 heavy (non-hydrogen) atoms. The first-order valence-corrected chi connectivity index (χ1v) is 9.19. The first-order valence-electron chi connectivity index (χ1n) is 7.78. The number of rotatable bonds is 5. The first-order chi connectivity index (χ1) is 13.6. The van der Waals surface area contributed by atoms with Crippen LogP contribution in [0, 0.1) is 17.0 Å². The van der Waals surface area contributed by atoms with Crippen LogP contribution < -0.4 is 39.8 Å². The molecule has 2 aromatic carbocycles. The van der Waals surface area contributed by atoms with Gasteiger partial charge in [0.15, 0.2) is 0 Å². The molecule has 0 atom stereocenters. The van der Waals surface area contributed by atoms with Crippen LogP contribution in [-0.4, -0.2) is 44.1 Å². The minimum Gasteiger partial charge on any atom is -0.871 e. The zero-order valence-electron chi connectivity index (χ0n) is 17.4. The molecule has 0 aliphatic carbocycles. The normalized spacial score (nSPS) is 10.1. The van der Waals surface area contributed by atoms with E-state index in [1.54, 1.807) is 0 Å². The summed E-state index contributed by atoms with van der Waals surface area (Å²) in [7, 11) is -4.64. The van der Waals surface area contributed by atoms with E-state index in [0.29, 0.717) is 0 Å². The van der Waals surface area contributed by atoms with Crippen LogP contribution in [0.5, 0.6) is 11.6 Å². The van der Waals surface area contributed by atoms with E-state index >= 15 is 0 Å². The predicted octanol–water partition coefficient (Wildman–Crippen LogP) is -3.27. The molecule has 15 nitrogen and oxygen atoms in total. The largest absolute Gasteiger partial charge is 3.00 e. The van der Waals surface area contributed by atoms with Crippen molar-refractivity contribution in [3.05, 3.63) is 58.3 Å². The molecule has 0 bridgehead atoms. The summed E-state index contributed by atoms with van der Waals surface area (Å²) in [6.45, 7) is 1.45. The van der Waals surface area contributed by atoms with E-state index in [1.807, 2.05) is 0 Å². The fraction of sp³-hybridized carbons (Fsp3) is 0.0625. The molecular weight excluding hydrogens is 529 g/mol. The molecule has 177 valence electrons. The van der Waals surface area contributed by atoms with Gasteiger partial charge in [-0.15, -0.1) is 5.11 Å². The Morgan fingerprint density at radius 2 is 1.59 bits per heavy atom. The van der Waals surface area contributed by atoms with Crippen LogP contribution in [0.15, 0.2) is 57.6 Å². The zero-order valence-corrected chi connectivity index (χ0v) is 21.5. The topological polar surface area (TPSA) is 282 Å². The summed E-state index contributed by atoms with van der Waals surface area (Å²) >= 11 is 0. The van der Waals surface area contributed by atoms with Crippen LogP contribution in [0.2, 0.25) is 0 Å². The number of azo groups is 1. The summed E-state index contributed by atoms with van der Waals surface area (Å²) in [6.07, 6.45) is 0. The average molecular weight is 544 g/mol. The van der Waals surface area contributed by atoms with Crippen molar-refractivity contribution in [1.29, 1.82) is 0 Å². The molecule has 0 amide bonds. The zero-order chi connectivity index (χ0) is 21.3. The van der Waals surface area contributed by atoms with Crippen molar-refractivity contribution >= 4 is 27.2 Å². The molecule has 0 saturated heterocycles. The fourth-order valence-corrected chi connectivity index (χ4v) is 2.81. The predicted molar refractivity (Wildman–Crippen MR) is 102 cm³/mol. The van der Waals surface area contributed by atoms with Gasteiger partial charge in [-0.05, 0) is 31.2 Å². The fourth-order valence-electron chi connectivity index (χ4n) is 2.34. The average Bonchev–Trinajstić information content (AvgIpc) is 2.94. The van der Waals surface area contributed by atoms with Crippen LogP contribution in [0.3, 0.4) is 0 Å². The van der Waals surface area contributed by atoms with Crippen molar-refractivity contribution in [1.82, 2.24) is 9.78 Å². The third kappa shape index (κ3) is 7.82. The molecule has 0 spiro atoms. The smallest absolute Gasteiger partial charge is 0.871 e. The van der Waals surface area contributed by atoms with Crippen molar-refractivity contribution in [2.75, 3.05) is 0 Å². The molecule has 0 fully saturated rings. The second-order valence-corrected chi connectivity index (χ2v) is 7.09. The van der Waals surface area contributed by atoms with Gasteiger partial charge in [0.2, 0.25) is 0 Å². The van der Waals surface area contributed by atoms with Crippen molar-refractivity contribution in [2.45, 2.75) is 11.8 Å². The Morgan fingerprint density at radius 1 is 1.03 bits per heavy atom. The van der Waals surface area contributed by atoms with E-state index in [1.165, 1.54) is 19.1 Å². The van der Waals surface area contributed by atoms with Gasteiger partial charge in [0.1, 0.15) is 15.8 Å². The number of non-ortho nitro benzene ring substituents is 1. The summed E-state index contributed by atoms with van der Waals surface area (Å²) in [6, 6.07) is 7.41. The maximum Gasteiger partial charge on any atom is 3.00 e. The van der Waals surface area contributed by atoms with Gasteiger partial charge in [0.05, 0.1) is 26.9 Å². The Labute approximate surface area is 225 Å². The number of nitro groups is 1. The van der Waals surface area contributed by atoms with Gasteiger partial charge in [-0.2, -0.15) is 10.2 Å². The molecule has 3 rings (SSSR count). The van der Waals surface area contributed by atoms with Crippen LogP contribution in [-0.2, 0) is 27.5 Å². The molecule has 1 aromatic heterocycles. The Bertz CT molecular complexity index is 1250. The summed E-state index contributed by atoms with van der Waals surface area (Å²) in [5.41, 5.74) is -0.571. The Morgan fingerprint density at radius 3 is 2.09 bits per heavy atom. The molecule has 3 aromatic rings. The van der Waals surface area contributed by atoms with Gasteiger partial charge >= 0.3 is 46.9 Å². The van der Waals surface area contributed by atoms with Crippen LogP contribution >= 0.6 is 0 Å². The maximum atomic E-state index is 12.5. The number of aryl methyl sites for hydroxylation is 1. The molecule has 18 heteroatoms. The Balaban J connectivity index is -0.00000192. The monoisotopic (exact) mass is 544 g/mol. The molecule has 5 N–H and O–H groups in total. The van der Waals surface area contributed by atoms with E-state index in [9.17, 15) is 33.3 Å². The minimum absolute atomic E-state index is 0. The minimum atomic E-state index is -4.64. The van der Waals surface area contributed by atoms with Crippen molar-refractivity contribution in [3.63, 3.8) is 0 Å². The van der Waals surface area contributed by atoms with Crippen LogP contribution in [0.1, 0.15) is 5.69 Å². The van der Waals surface area contributed by atoms with Gasteiger partial charge in [0.25, 0.3) is 5.69 Å². The van der Waals surface area contributed by atoms with Crippen molar-refractivity contribution < 1.29 is 91.5 Å². The number of hydrogen-bond donors (Lipinski definition) is 0. The van der Waals surface area contributed by atoms with Crippen molar-refractivity contribution in [3.8, 4) is 17.3 Å². The van der Waals surface area contributed by atoms with Crippen molar-refractivity contribution in [2.24, 2.45) is 10.2 Å². The van der Waals surface area contributed by atoms with Crippen LogP contribution in [0.4, 0.5) is 17.1 Å². The SMILES string of the molecule is Cc1nn(-c2ccc(S(=O)(=O)[O-])cc2)c([O-])c1N=Nc1cc([N+](=O)[O-])ccc1[O-].O.O.[Cr+3].[Na+].[OH-]. The quantitative estimate of drug-likeness (QED) is 0.102. The van der Waals surface area contributed by atoms with E-state index in [0.717, 1.165) is 35.0 Å². The Hall–Kier alpha value is -2.43. The summed E-state index contributed by atoms with van der Waals surface area (Å²) < 4.78 is 33.9. The second-order valence-electron chi connectivity index (χ2n) is 5.71. The van der Waals surface area contributed by atoms with Gasteiger partial charge in [-0.1, -0.05) is 11.8 Å². The van der Waals surface area contributed by atoms with Gasteiger partial charge < -0.3 is 31.2 Å². The van der Waals surface area contributed by atoms with E-state index in [-0.39, 0.29) is 91.8 Å². The van der Waals surface area contributed by atoms with E-state index in [4.69, 9.17) is 0 Å². The van der Waals surface area contributed by atoms with E-state index < -0.39 is 31.6 Å². The third-order valence-corrected chi connectivity index (χ3v) is 4.62. The maximum absolute atomic E-state index is 12.5. The van der Waals surface area contributed by atoms with Gasteiger partial charge in [-0.25, -0.2) is 13.1 Å².